The van der Waals surface area contributed by atoms with Crippen molar-refractivity contribution in [1.29, 1.82) is 0 Å². The van der Waals surface area contributed by atoms with Crippen LogP contribution < -0.4 is 0 Å². The van der Waals surface area contributed by atoms with E-state index in [4.69, 9.17) is 19.4 Å². The minimum atomic E-state index is 0.609. The van der Waals surface area contributed by atoms with Crippen LogP contribution in [0.1, 0.15) is 0 Å². The van der Waals surface area contributed by atoms with Crippen LogP contribution >= 0.6 is 11.3 Å². The first-order chi connectivity index (χ1) is 27.7. The van der Waals surface area contributed by atoms with Crippen molar-refractivity contribution in [2.45, 2.75) is 0 Å². The van der Waals surface area contributed by atoms with Crippen LogP contribution in [0.25, 0.3) is 110 Å². The molecule has 0 amide bonds. The van der Waals surface area contributed by atoms with E-state index in [2.05, 4.69) is 132 Å². The third-order valence-electron chi connectivity index (χ3n) is 10.5. The predicted molar refractivity (Wildman–Crippen MR) is 230 cm³/mol. The number of nitrogens with zero attached hydrogens (tertiary/aromatic N) is 4. The molecule has 0 aliphatic heterocycles. The molecule has 0 N–H and O–H groups in total. The van der Waals surface area contributed by atoms with Crippen molar-refractivity contribution >= 4 is 53.4 Å². The first-order valence-electron chi connectivity index (χ1n) is 18.5. The molecule has 56 heavy (non-hydrogen) atoms. The number of rotatable bonds is 6. The highest BCUT2D eigenvalue weighted by Gasteiger charge is 2.19. The highest BCUT2D eigenvalue weighted by molar-refractivity contribution is 7.25. The molecule has 7 aromatic carbocycles. The smallest absolute Gasteiger partial charge is 0.164 e. The van der Waals surface area contributed by atoms with Gasteiger partial charge in [-0.25, -0.2) is 15.0 Å². The fourth-order valence-electron chi connectivity index (χ4n) is 7.68. The van der Waals surface area contributed by atoms with Crippen molar-refractivity contribution in [3.05, 3.63) is 182 Å². The molecule has 0 aliphatic rings. The predicted octanol–water partition coefficient (Wildman–Crippen LogP) is 13.5. The first-order valence-corrected chi connectivity index (χ1v) is 19.3. The largest absolute Gasteiger partial charge is 0.455 e. The number of pyridine rings is 1. The third-order valence-corrected chi connectivity index (χ3v) is 11.6. The number of hydrogen-bond donors (Lipinski definition) is 0. The van der Waals surface area contributed by atoms with Gasteiger partial charge in [0.2, 0.25) is 0 Å². The van der Waals surface area contributed by atoms with Gasteiger partial charge < -0.3 is 4.42 Å². The van der Waals surface area contributed by atoms with Crippen molar-refractivity contribution in [3.63, 3.8) is 0 Å². The maximum absolute atomic E-state index is 6.68. The topological polar surface area (TPSA) is 64.7 Å². The van der Waals surface area contributed by atoms with Crippen molar-refractivity contribution in [1.82, 2.24) is 19.9 Å². The summed E-state index contributed by atoms with van der Waals surface area (Å²) >= 11 is 1.84. The van der Waals surface area contributed by atoms with Crippen LogP contribution in [-0.2, 0) is 0 Å². The van der Waals surface area contributed by atoms with Gasteiger partial charge in [0.15, 0.2) is 17.5 Å². The summed E-state index contributed by atoms with van der Waals surface area (Å²) in [6.45, 7) is 0. The van der Waals surface area contributed by atoms with E-state index in [9.17, 15) is 0 Å². The first kappa shape index (κ1) is 32.2. The van der Waals surface area contributed by atoms with Crippen LogP contribution in [0.15, 0.2) is 187 Å². The summed E-state index contributed by atoms with van der Waals surface area (Å²) in [6.07, 6.45) is 3.65. The van der Waals surface area contributed by atoms with E-state index < -0.39 is 0 Å². The average Bonchev–Trinajstić information content (AvgIpc) is 3.85. The minimum absolute atomic E-state index is 0.609. The normalized spacial score (nSPS) is 11.6. The lowest BCUT2D eigenvalue weighted by Gasteiger charge is -2.11. The Hall–Kier alpha value is -7.28. The average molecular weight is 735 g/mol. The van der Waals surface area contributed by atoms with Gasteiger partial charge in [-0.1, -0.05) is 140 Å². The van der Waals surface area contributed by atoms with Gasteiger partial charge >= 0.3 is 0 Å². The van der Waals surface area contributed by atoms with Crippen molar-refractivity contribution in [3.8, 4) is 67.5 Å². The molecule has 11 aromatic rings. The Balaban J connectivity index is 0.998. The van der Waals surface area contributed by atoms with E-state index in [0.717, 1.165) is 66.4 Å². The molecule has 0 unspecified atom stereocenters. The van der Waals surface area contributed by atoms with Crippen LogP contribution in [0.3, 0.4) is 0 Å². The number of aromatic nitrogens is 4. The van der Waals surface area contributed by atoms with Crippen molar-refractivity contribution < 1.29 is 4.42 Å². The summed E-state index contributed by atoms with van der Waals surface area (Å²) in [6, 6.07) is 59.0. The lowest BCUT2D eigenvalue weighted by molar-refractivity contribution is 0.670. The second-order valence-electron chi connectivity index (χ2n) is 13.8. The number of benzene rings is 7. The van der Waals surface area contributed by atoms with Gasteiger partial charge in [-0.3, -0.25) is 4.98 Å². The number of para-hydroxylation sites is 1. The minimum Gasteiger partial charge on any atom is -0.455 e. The number of hydrogen-bond acceptors (Lipinski definition) is 6. The fraction of sp³-hybridized carbons (Fsp3) is 0. The molecule has 0 fully saturated rings. The molecule has 5 nitrogen and oxygen atoms in total. The second-order valence-corrected chi connectivity index (χ2v) is 14.9. The molecule has 0 bridgehead atoms. The van der Waals surface area contributed by atoms with Gasteiger partial charge in [0, 0.05) is 65.6 Å². The molecule has 0 spiro atoms. The molecule has 0 radical (unpaired) electrons. The quantitative estimate of drug-likeness (QED) is 0.170. The number of thiophene rings is 1. The summed E-state index contributed by atoms with van der Waals surface area (Å²) in [7, 11) is 0. The van der Waals surface area contributed by atoms with Gasteiger partial charge in [0.1, 0.15) is 11.2 Å². The molecule has 11 rings (SSSR count). The SMILES string of the molecule is c1ccc(-c2nc(-c3ccc(-c4cccnc4)cc3)nc(-c3ccc(-c4ccc(-c5ccc6c(c5)sc5ccccc56)c5c4oc4ccccc45)cc3)n2)cc1. The second kappa shape index (κ2) is 13.2. The molecular formula is C50H30N4OS. The Morgan fingerprint density at radius 1 is 0.393 bits per heavy atom. The molecule has 4 heterocycles. The maximum Gasteiger partial charge on any atom is 0.164 e. The van der Waals surface area contributed by atoms with Gasteiger partial charge in [-0.05, 0) is 58.1 Å². The molecule has 0 saturated heterocycles. The maximum atomic E-state index is 6.68. The van der Waals surface area contributed by atoms with E-state index in [1.165, 1.54) is 25.7 Å². The van der Waals surface area contributed by atoms with E-state index in [1.807, 2.05) is 60.0 Å². The Kier molecular flexibility index (Phi) is 7.60. The van der Waals surface area contributed by atoms with Crippen LogP contribution in [0.4, 0.5) is 0 Å². The van der Waals surface area contributed by atoms with E-state index in [1.54, 1.807) is 6.20 Å². The Bertz CT molecular complexity index is 3230. The summed E-state index contributed by atoms with van der Waals surface area (Å²) in [5, 5.41) is 4.81. The molecular weight excluding hydrogens is 705 g/mol. The molecule has 0 atom stereocenters. The van der Waals surface area contributed by atoms with Gasteiger partial charge in [0.25, 0.3) is 0 Å². The Labute approximate surface area is 326 Å². The van der Waals surface area contributed by atoms with E-state index >= 15 is 0 Å². The summed E-state index contributed by atoms with van der Waals surface area (Å²) in [5.74, 6) is 1.85. The summed E-state index contributed by atoms with van der Waals surface area (Å²) < 4.78 is 9.27. The monoisotopic (exact) mass is 734 g/mol. The van der Waals surface area contributed by atoms with Crippen molar-refractivity contribution in [2.24, 2.45) is 0 Å². The molecule has 0 aliphatic carbocycles. The highest BCUT2D eigenvalue weighted by atomic mass is 32.1. The highest BCUT2D eigenvalue weighted by Crippen LogP contribution is 2.44. The van der Waals surface area contributed by atoms with Crippen LogP contribution in [0, 0.1) is 0 Å². The van der Waals surface area contributed by atoms with Crippen LogP contribution in [-0.4, -0.2) is 19.9 Å². The zero-order valence-electron chi connectivity index (χ0n) is 29.9. The summed E-state index contributed by atoms with van der Waals surface area (Å²) in [5.41, 5.74) is 11.0. The van der Waals surface area contributed by atoms with Crippen molar-refractivity contribution in [2.75, 3.05) is 0 Å². The molecule has 4 aromatic heterocycles. The van der Waals surface area contributed by atoms with Gasteiger partial charge in [-0.15, -0.1) is 11.3 Å². The summed E-state index contributed by atoms with van der Waals surface area (Å²) in [4.78, 5) is 19.2. The Morgan fingerprint density at radius 3 is 1.70 bits per heavy atom. The van der Waals surface area contributed by atoms with Gasteiger partial charge in [0.05, 0.1) is 0 Å². The zero-order chi connectivity index (χ0) is 37.0. The zero-order valence-corrected chi connectivity index (χ0v) is 30.7. The molecule has 262 valence electrons. The fourth-order valence-corrected chi connectivity index (χ4v) is 8.83. The lowest BCUT2D eigenvalue weighted by Crippen LogP contribution is -2.00. The lowest BCUT2D eigenvalue weighted by atomic mass is 9.94. The third kappa shape index (κ3) is 5.54. The van der Waals surface area contributed by atoms with Crippen LogP contribution in [0.2, 0.25) is 0 Å². The van der Waals surface area contributed by atoms with Crippen LogP contribution in [0.5, 0.6) is 0 Å². The molecule has 6 heteroatoms. The Morgan fingerprint density at radius 2 is 0.964 bits per heavy atom. The molecule has 0 saturated carbocycles. The van der Waals surface area contributed by atoms with E-state index in [-0.39, 0.29) is 0 Å². The number of fused-ring (bicyclic) bond motifs is 6. The van der Waals surface area contributed by atoms with Gasteiger partial charge in [-0.2, -0.15) is 0 Å². The number of furan rings is 1. The standard InChI is InChI=1S/C50H30N4OS/c1-2-9-33(10-3-1)48-52-49(34-20-16-31(17-21-34)37-11-8-28-51-30-37)54-50(53-48)35-22-18-32(19-23-35)39-27-26-38(46-42-13-4-6-14-43(42)55-47(39)46)36-24-25-41-40-12-5-7-15-44(40)56-45(41)29-36/h1-30H. The van der Waals surface area contributed by atoms with E-state index in [0.29, 0.717) is 17.5 Å².